The van der Waals surface area contributed by atoms with Gasteiger partial charge in [0.05, 0.1) is 17.9 Å². The van der Waals surface area contributed by atoms with E-state index < -0.39 is 0 Å². The van der Waals surface area contributed by atoms with E-state index in [9.17, 15) is 4.79 Å². The van der Waals surface area contributed by atoms with Crippen LogP contribution in [-0.4, -0.2) is 35.6 Å². The van der Waals surface area contributed by atoms with Gasteiger partial charge < -0.3 is 4.57 Å². The zero-order valence-corrected chi connectivity index (χ0v) is 18.8. The van der Waals surface area contributed by atoms with Gasteiger partial charge in [-0.2, -0.15) is 0 Å². The first-order chi connectivity index (χ1) is 15.9. The van der Waals surface area contributed by atoms with E-state index in [4.69, 9.17) is 9.97 Å². The molecule has 0 atom stereocenters. The molecule has 0 bridgehead atoms. The summed E-state index contributed by atoms with van der Waals surface area (Å²) in [6.45, 7) is 6.67. The van der Waals surface area contributed by atoms with E-state index in [0.29, 0.717) is 23.6 Å². The van der Waals surface area contributed by atoms with Crippen molar-refractivity contribution < 1.29 is 4.79 Å². The van der Waals surface area contributed by atoms with Crippen LogP contribution in [0.5, 0.6) is 0 Å². The van der Waals surface area contributed by atoms with Crippen LogP contribution in [-0.2, 0) is 18.5 Å². The average molecular weight is 438 g/mol. The maximum atomic E-state index is 13.4. The molecule has 1 amide bonds. The zero-order valence-electron chi connectivity index (χ0n) is 18.8. The monoisotopic (exact) mass is 437 g/mol. The van der Waals surface area contributed by atoms with Crippen molar-refractivity contribution >= 4 is 11.7 Å². The standard InChI is InChI=1S/C25H23N7O/c1-15-13-16-17(22(27-15)18-7-4-5-12-26-18)14-31(24(16)33)20-9-6-8-19(28-20)23-30-29-21-10-11-25(2,3)32(21)23/h4-9,12-13H,10-11,14H2,1-3H3. The van der Waals surface area contributed by atoms with Crippen LogP contribution in [0.3, 0.4) is 0 Å². The Morgan fingerprint density at radius 3 is 2.67 bits per heavy atom. The molecule has 2 aliphatic heterocycles. The molecule has 0 saturated heterocycles. The summed E-state index contributed by atoms with van der Waals surface area (Å²) in [4.78, 5) is 29.1. The number of aryl methyl sites for hydroxylation is 2. The Bertz CT molecular complexity index is 1410. The molecule has 164 valence electrons. The molecule has 0 N–H and O–H groups in total. The first-order valence-electron chi connectivity index (χ1n) is 11.1. The van der Waals surface area contributed by atoms with Gasteiger partial charge in [0.2, 0.25) is 0 Å². The van der Waals surface area contributed by atoms with E-state index in [-0.39, 0.29) is 11.4 Å². The fourth-order valence-electron chi connectivity index (χ4n) is 4.83. The van der Waals surface area contributed by atoms with Crippen molar-refractivity contribution in [2.45, 2.75) is 45.7 Å². The quantitative estimate of drug-likeness (QED) is 0.482. The van der Waals surface area contributed by atoms with E-state index in [1.54, 1.807) is 11.1 Å². The minimum atomic E-state index is -0.0795. The maximum Gasteiger partial charge on any atom is 0.260 e. The molecule has 0 aliphatic carbocycles. The molecule has 4 aromatic heterocycles. The van der Waals surface area contributed by atoms with Gasteiger partial charge in [-0.3, -0.25) is 19.7 Å². The van der Waals surface area contributed by atoms with Crippen LogP contribution < -0.4 is 4.90 Å². The van der Waals surface area contributed by atoms with Crippen molar-refractivity contribution in [3.63, 3.8) is 0 Å². The molecule has 2 aliphatic rings. The van der Waals surface area contributed by atoms with Crippen LogP contribution in [0.1, 0.15) is 47.7 Å². The number of hydrogen-bond acceptors (Lipinski definition) is 6. The summed E-state index contributed by atoms with van der Waals surface area (Å²) in [6.07, 6.45) is 3.67. The summed E-state index contributed by atoms with van der Waals surface area (Å²) < 4.78 is 2.17. The van der Waals surface area contributed by atoms with Crippen LogP contribution in [0.25, 0.3) is 22.9 Å². The lowest BCUT2D eigenvalue weighted by Crippen LogP contribution is -2.25. The predicted octanol–water partition coefficient (Wildman–Crippen LogP) is 3.95. The minimum absolute atomic E-state index is 0.0632. The lowest BCUT2D eigenvalue weighted by atomic mass is 10.0. The number of nitrogens with zero attached hydrogens (tertiary/aromatic N) is 7. The highest BCUT2D eigenvalue weighted by atomic mass is 16.2. The van der Waals surface area contributed by atoms with Crippen LogP contribution in [0.15, 0.2) is 48.7 Å². The van der Waals surface area contributed by atoms with Gasteiger partial charge in [0, 0.05) is 35.0 Å². The van der Waals surface area contributed by atoms with Crippen LogP contribution in [0, 0.1) is 6.92 Å². The van der Waals surface area contributed by atoms with E-state index in [2.05, 4.69) is 33.6 Å². The number of amides is 1. The summed E-state index contributed by atoms with van der Waals surface area (Å²) in [7, 11) is 0. The van der Waals surface area contributed by atoms with Crippen molar-refractivity contribution in [3.8, 4) is 22.9 Å². The molecule has 0 aromatic carbocycles. The van der Waals surface area contributed by atoms with Gasteiger partial charge in [0.25, 0.3) is 5.91 Å². The summed E-state index contributed by atoms with van der Waals surface area (Å²) in [5.74, 6) is 2.23. The summed E-state index contributed by atoms with van der Waals surface area (Å²) in [6, 6.07) is 13.3. The first kappa shape index (κ1) is 19.7. The second-order valence-corrected chi connectivity index (χ2v) is 9.21. The molecule has 8 heteroatoms. The van der Waals surface area contributed by atoms with Gasteiger partial charge in [-0.25, -0.2) is 4.98 Å². The normalized spacial score (nSPS) is 16.2. The number of carbonyl (C=O) groups is 1. The number of fused-ring (bicyclic) bond motifs is 2. The van der Waals surface area contributed by atoms with Crippen molar-refractivity contribution in [1.82, 2.24) is 29.7 Å². The van der Waals surface area contributed by atoms with Crippen LogP contribution >= 0.6 is 0 Å². The third kappa shape index (κ3) is 3.05. The van der Waals surface area contributed by atoms with Crippen LogP contribution in [0.4, 0.5) is 5.82 Å². The second-order valence-electron chi connectivity index (χ2n) is 9.21. The predicted molar refractivity (Wildman–Crippen MR) is 124 cm³/mol. The molecular formula is C25H23N7O. The fourth-order valence-corrected chi connectivity index (χ4v) is 4.83. The summed E-state index contributed by atoms with van der Waals surface area (Å²) in [5.41, 5.74) is 4.47. The van der Waals surface area contributed by atoms with E-state index in [0.717, 1.165) is 47.1 Å². The van der Waals surface area contributed by atoms with Gasteiger partial charge in [-0.15, -0.1) is 10.2 Å². The van der Waals surface area contributed by atoms with Gasteiger partial charge >= 0.3 is 0 Å². The third-order valence-electron chi connectivity index (χ3n) is 6.49. The lowest BCUT2D eigenvalue weighted by Gasteiger charge is -2.22. The third-order valence-corrected chi connectivity index (χ3v) is 6.49. The molecule has 8 nitrogen and oxygen atoms in total. The maximum absolute atomic E-state index is 13.4. The molecule has 0 fully saturated rings. The molecule has 0 unspecified atom stereocenters. The second kappa shape index (κ2) is 7.03. The Kier molecular flexibility index (Phi) is 4.20. The largest absolute Gasteiger partial charge is 0.304 e. The topological polar surface area (TPSA) is 89.7 Å². The number of carbonyl (C=O) groups excluding carboxylic acids is 1. The van der Waals surface area contributed by atoms with Gasteiger partial charge in [0.15, 0.2) is 5.82 Å². The fraction of sp³-hybridized carbons (Fsp3) is 0.280. The van der Waals surface area contributed by atoms with Crippen molar-refractivity contribution in [3.05, 3.63) is 71.3 Å². The van der Waals surface area contributed by atoms with E-state index in [1.807, 2.05) is 49.4 Å². The minimum Gasteiger partial charge on any atom is -0.304 e. The molecule has 6 rings (SSSR count). The number of rotatable bonds is 3. The summed E-state index contributed by atoms with van der Waals surface area (Å²) >= 11 is 0. The van der Waals surface area contributed by atoms with Gasteiger partial charge in [-0.1, -0.05) is 12.1 Å². The smallest absolute Gasteiger partial charge is 0.260 e. The van der Waals surface area contributed by atoms with E-state index in [1.165, 1.54) is 0 Å². The van der Waals surface area contributed by atoms with Crippen molar-refractivity contribution in [2.24, 2.45) is 0 Å². The Balaban J connectivity index is 1.41. The lowest BCUT2D eigenvalue weighted by molar-refractivity contribution is 0.0996. The molecule has 0 radical (unpaired) electrons. The van der Waals surface area contributed by atoms with Gasteiger partial charge in [0.1, 0.15) is 17.3 Å². The first-order valence-corrected chi connectivity index (χ1v) is 11.1. The number of anilines is 1. The molecule has 33 heavy (non-hydrogen) atoms. The van der Waals surface area contributed by atoms with Crippen molar-refractivity contribution in [2.75, 3.05) is 4.90 Å². The highest BCUT2D eigenvalue weighted by molar-refractivity contribution is 6.10. The summed E-state index contributed by atoms with van der Waals surface area (Å²) in [5, 5.41) is 8.80. The van der Waals surface area contributed by atoms with Crippen molar-refractivity contribution in [1.29, 1.82) is 0 Å². The Hall–Kier alpha value is -3.94. The Labute approximate surface area is 191 Å². The zero-order chi connectivity index (χ0) is 22.7. The molecule has 4 aromatic rings. The Morgan fingerprint density at radius 1 is 1.00 bits per heavy atom. The molecule has 6 heterocycles. The SMILES string of the molecule is Cc1cc2c(c(-c3ccccn3)n1)CN(c1cccc(-c3nnc4n3C(C)(C)CC4)n1)C2=O. The number of hydrogen-bond donors (Lipinski definition) is 0. The van der Waals surface area contributed by atoms with Crippen LogP contribution in [0.2, 0.25) is 0 Å². The number of pyridine rings is 3. The highest BCUT2D eigenvalue weighted by Crippen LogP contribution is 2.37. The Morgan fingerprint density at radius 2 is 1.85 bits per heavy atom. The molecule has 0 spiro atoms. The average Bonchev–Trinajstić information content (AvgIpc) is 3.48. The van der Waals surface area contributed by atoms with Gasteiger partial charge in [-0.05, 0) is 57.5 Å². The molecular weight excluding hydrogens is 414 g/mol. The van der Waals surface area contributed by atoms with E-state index >= 15 is 0 Å². The highest BCUT2D eigenvalue weighted by Gasteiger charge is 2.36. The number of aromatic nitrogens is 6. The molecule has 0 saturated carbocycles.